The van der Waals surface area contributed by atoms with E-state index in [1.54, 1.807) is 0 Å². The number of hydrogen-bond acceptors (Lipinski definition) is 4. The lowest BCUT2D eigenvalue weighted by Gasteiger charge is -2.26. The van der Waals surface area contributed by atoms with E-state index < -0.39 is 18.2 Å². The number of nitrogens with one attached hydrogen (secondary N) is 1. The van der Waals surface area contributed by atoms with Gasteiger partial charge in [-0.05, 0) is 38.5 Å². The van der Waals surface area contributed by atoms with Crippen LogP contribution in [0, 0.1) is 0 Å². The van der Waals surface area contributed by atoms with Crippen LogP contribution in [0.15, 0.2) is 12.2 Å². The van der Waals surface area contributed by atoms with Crippen molar-refractivity contribution in [3.63, 3.8) is 0 Å². The minimum absolute atomic E-state index is 0.153. The number of hydrogen-bond donors (Lipinski definition) is 4. The zero-order valence-corrected chi connectivity index (χ0v) is 29.6. The van der Waals surface area contributed by atoms with E-state index in [4.69, 9.17) is 0 Å². The molecule has 3 atom stereocenters. The monoisotopic (exact) mass is 624 g/mol. The largest absolute Gasteiger partial charge is 0.394 e. The van der Waals surface area contributed by atoms with E-state index >= 15 is 0 Å². The van der Waals surface area contributed by atoms with Crippen LogP contribution in [0.25, 0.3) is 0 Å². The Hall–Kier alpha value is -0.910. The van der Waals surface area contributed by atoms with Crippen molar-refractivity contribution < 1.29 is 20.1 Å². The molecule has 262 valence electrons. The number of aliphatic hydroxyl groups excluding tert-OH is 3. The molecular weight excluding hydrogens is 546 g/mol. The molecule has 44 heavy (non-hydrogen) atoms. The Bertz CT molecular complexity index is 611. The van der Waals surface area contributed by atoms with Gasteiger partial charge in [0.1, 0.15) is 6.10 Å². The molecule has 0 saturated heterocycles. The molecule has 4 N–H and O–H groups in total. The Balaban J connectivity index is 3.70. The van der Waals surface area contributed by atoms with E-state index in [0.29, 0.717) is 12.8 Å². The summed E-state index contributed by atoms with van der Waals surface area (Å²) in [5, 5.41) is 33.4. The smallest absolute Gasteiger partial charge is 0.220 e. The molecule has 0 fully saturated rings. The van der Waals surface area contributed by atoms with E-state index in [-0.39, 0.29) is 12.5 Å². The number of carbonyl (C=O) groups is 1. The van der Waals surface area contributed by atoms with Crippen LogP contribution >= 0.6 is 0 Å². The fourth-order valence-corrected chi connectivity index (χ4v) is 6.04. The molecule has 0 bridgehead atoms. The molecule has 3 unspecified atom stereocenters. The van der Waals surface area contributed by atoms with Crippen LogP contribution in [-0.4, -0.2) is 46.1 Å². The lowest BCUT2D eigenvalue weighted by Crippen LogP contribution is -2.50. The van der Waals surface area contributed by atoms with Gasteiger partial charge in [-0.2, -0.15) is 0 Å². The summed E-state index contributed by atoms with van der Waals surface area (Å²) < 4.78 is 0. The van der Waals surface area contributed by atoms with Crippen molar-refractivity contribution in [3.8, 4) is 0 Å². The van der Waals surface area contributed by atoms with E-state index in [2.05, 4.69) is 31.3 Å². The van der Waals surface area contributed by atoms with Gasteiger partial charge in [-0.25, -0.2) is 0 Å². The van der Waals surface area contributed by atoms with E-state index in [1.807, 2.05) is 0 Å². The van der Waals surface area contributed by atoms with Gasteiger partial charge >= 0.3 is 0 Å². The first-order chi connectivity index (χ1) is 21.6. The van der Waals surface area contributed by atoms with Crippen molar-refractivity contribution in [2.75, 3.05) is 6.61 Å². The molecule has 5 heteroatoms. The highest BCUT2D eigenvalue weighted by Crippen LogP contribution is 2.15. The number of rotatable bonds is 35. The SMILES string of the molecule is CCCCCCCCCCCCC/C=C/CCCC(O)C(O)C(CO)NC(=O)CCCCCCCCCCCCCCCC. The topological polar surface area (TPSA) is 89.8 Å². The standard InChI is InChI=1S/C39H77NO4/c1-3-5-7-9-11-13-15-17-19-20-21-23-25-27-29-31-33-37(42)39(44)36(35-41)40-38(43)34-32-30-28-26-24-22-18-16-14-12-10-8-6-4-2/h25,27,36-37,39,41-42,44H,3-24,26,28-35H2,1-2H3,(H,40,43)/b27-25+. The average Bonchev–Trinajstić information content (AvgIpc) is 3.03. The van der Waals surface area contributed by atoms with E-state index in [1.165, 1.54) is 141 Å². The summed E-state index contributed by atoms with van der Waals surface area (Å²) in [5.41, 5.74) is 0. The summed E-state index contributed by atoms with van der Waals surface area (Å²) in [6.45, 7) is 4.16. The third-order valence-electron chi connectivity index (χ3n) is 9.12. The summed E-state index contributed by atoms with van der Waals surface area (Å²) in [7, 11) is 0. The highest BCUT2D eigenvalue weighted by Gasteiger charge is 2.26. The van der Waals surface area contributed by atoms with Crippen LogP contribution in [0.4, 0.5) is 0 Å². The van der Waals surface area contributed by atoms with Crippen LogP contribution in [-0.2, 0) is 4.79 Å². The van der Waals surface area contributed by atoms with Gasteiger partial charge in [0.05, 0.1) is 18.8 Å². The van der Waals surface area contributed by atoms with E-state index in [0.717, 1.165) is 38.5 Å². The highest BCUT2D eigenvalue weighted by atomic mass is 16.3. The van der Waals surface area contributed by atoms with Crippen molar-refractivity contribution in [3.05, 3.63) is 12.2 Å². The maximum Gasteiger partial charge on any atom is 0.220 e. The third kappa shape index (κ3) is 29.8. The third-order valence-corrected chi connectivity index (χ3v) is 9.12. The van der Waals surface area contributed by atoms with Crippen LogP contribution in [0.5, 0.6) is 0 Å². The van der Waals surface area contributed by atoms with Crippen LogP contribution in [0.3, 0.4) is 0 Å². The molecule has 0 aliphatic carbocycles. The molecule has 0 aromatic carbocycles. The molecule has 0 aliphatic heterocycles. The molecule has 0 aromatic heterocycles. The Kier molecular flexibility index (Phi) is 34.2. The minimum atomic E-state index is -1.15. The van der Waals surface area contributed by atoms with Gasteiger partial charge in [0.2, 0.25) is 5.91 Å². The van der Waals surface area contributed by atoms with Gasteiger partial charge < -0.3 is 20.6 Å². The van der Waals surface area contributed by atoms with Crippen molar-refractivity contribution >= 4 is 5.91 Å². The van der Waals surface area contributed by atoms with Crippen molar-refractivity contribution in [1.82, 2.24) is 5.32 Å². The minimum Gasteiger partial charge on any atom is -0.394 e. The Morgan fingerprint density at radius 1 is 0.545 bits per heavy atom. The average molecular weight is 624 g/mol. The second-order valence-corrected chi connectivity index (χ2v) is 13.5. The molecule has 0 aromatic rings. The number of aliphatic hydroxyl groups is 3. The van der Waals surface area contributed by atoms with Crippen molar-refractivity contribution in [1.29, 1.82) is 0 Å². The highest BCUT2D eigenvalue weighted by molar-refractivity contribution is 5.76. The number of amides is 1. The van der Waals surface area contributed by atoms with Gasteiger partial charge in [-0.1, -0.05) is 174 Å². The molecule has 0 radical (unpaired) electrons. The first-order valence-electron chi connectivity index (χ1n) is 19.5. The molecule has 5 nitrogen and oxygen atoms in total. The lowest BCUT2D eigenvalue weighted by atomic mass is 10.0. The maximum atomic E-state index is 12.4. The Labute approximate surface area is 274 Å². The lowest BCUT2D eigenvalue weighted by molar-refractivity contribution is -0.124. The number of carbonyl (C=O) groups excluding carboxylic acids is 1. The maximum absolute atomic E-state index is 12.4. The Morgan fingerprint density at radius 2 is 0.909 bits per heavy atom. The first kappa shape index (κ1) is 43.1. The van der Waals surface area contributed by atoms with Gasteiger partial charge in [0.25, 0.3) is 0 Å². The van der Waals surface area contributed by atoms with Gasteiger partial charge in [0.15, 0.2) is 0 Å². The summed E-state index contributed by atoms with van der Waals surface area (Å²) in [4.78, 5) is 12.4. The second-order valence-electron chi connectivity index (χ2n) is 13.5. The zero-order valence-electron chi connectivity index (χ0n) is 29.6. The molecule has 0 spiro atoms. The van der Waals surface area contributed by atoms with Crippen molar-refractivity contribution in [2.24, 2.45) is 0 Å². The molecule has 0 aliphatic rings. The molecule has 0 rings (SSSR count). The van der Waals surface area contributed by atoms with Crippen molar-refractivity contribution in [2.45, 2.75) is 225 Å². The molecule has 0 saturated carbocycles. The van der Waals surface area contributed by atoms with Gasteiger partial charge in [0, 0.05) is 6.42 Å². The number of unbranched alkanes of at least 4 members (excludes halogenated alkanes) is 25. The second kappa shape index (κ2) is 35.0. The molecule has 1 amide bonds. The fourth-order valence-electron chi connectivity index (χ4n) is 6.04. The van der Waals surface area contributed by atoms with E-state index in [9.17, 15) is 20.1 Å². The summed E-state index contributed by atoms with van der Waals surface area (Å²) >= 11 is 0. The first-order valence-corrected chi connectivity index (χ1v) is 19.5. The number of allylic oxidation sites excluding steroid dienone is 2. The normalized spacial score (nSPS) is 13.8. The Morgan fingerprint density at radius 3 is 1.32 bits per heavy atom. The van der Waals surface area contributed by atoms with Gasteiger partial charge in [-0.15, -0.1) is 0 Å². The summed E-state index contributed by atoms with van der Waals surface area (Å²) in [6.07, 6.45) is 38.8. The predicted octanol–water partition coefficient (Wildman–Crippen LogP) is 10.5. The van der Waals surface area contributed by atoms with Crippen LogP contribution in [0.2, 0.25) is 0 Å². The quantitative estimate of drug-likeness (QED) is 0.0418. The van der Waals surface area contributed by atoms with Crippen LogP contribution in [0.1, 0.15) is 206 Å². The predicted molar refractivity (Wildman–Crippen MR) is 190 cm³/mol. The summed E-state index contributed by atoms with van der Waals surface area (Å²) in [5.74, 6) is -0.153. The van der Waals surface area contributed by atoms with Gasteiger partial charge in [-0.3, -0.25) is 4.79 Å². The zero-order chi connectivity index (χ0) is 32.4. The fraction of sp³-hybridized carbons (Fsp3) is 0.923. The molecule has 0 heterocycles. The van der Waals surface area contributed by atoms with Crippen LogP contribution < -0.4 is 5.32 Å². The summed E-state index contributed by atoms with van der Waals surface area (Å²) in [6, 6.07) is -0.819. The molecular formula is C39H77NO4.